The van der Waals surface area contributed by atoms with E-state index in [9.17, 15) is 4.79 Å². The molecule has 1 aliphatic rings. The van der Waals surface area contributed by atoms with Gasteiger partial charge in [-0.05, 0) is 37.4 Å². The van der Waals surface area contributed by atoms with Crippen molar-refractivity contribution in [2.75, 3.05) is 11.9 Å². The first kappa shape index (κ1) is 18.3. The summed E-state index contributed by atoms with van der Waals surface area (Å²) in [5, 5.41) is 8.15. The summed E-state index contributed by atoms with van der Waals surface area (Å²) in [5.74, 6) is -0.0126. The topological polar surface area (TPSA) is 46.4 Å². The van der Waals surface area contributed by atoms with Gasteiger partial charge in [-0.3, -0.25) is 4.79 Å². The number of hydrogen-bond donors (Lipinski definition) is 2. The molecule has 2 aromatic heterocycles. The van der Waals surface area contributed by atoms with E-state index in [4.69, 9.17) is 4.98 Å². The van der Waals surface area contributed by atoms with E-state index in [1.54, 1.807) is 16.2 Å². The zero-order valence-corrected chi connectivity index (χ0v) is 17.3. The predicted octanol–water partition coefficient (Wildman–Crippen LogP) is 3.40. The fourth-order valence-corrected chi connectivity index (χ4v) is 5.39. The van der Waals surface area contributed by atoms with Gasteiger partial charge in [0.05, 0.1) is 13.0 Å². The van der Waals surface area contributed by atoms with Gasteiger partial charge in [-0.2, -0.15) is 0 Å². The molecule has 2 N–H and O–H groups in total. The van der Waals surface area contributed by atoms with Crippen LogP contribution in [0.4, 0.5) is 5.69 Å². The van der Waals surface area contributed by atoms with E-state index in [1.807, 2.05) is 42.5 Å². The monoisotopic (exact) mass is 398 g/mol. The number of thiazole rings is 1. The van der Waals surface area contributed by atoms with Crippen molar-refractivity contribution in [3.05, 3.63) is 67.8 Å². The molecular formula is C21H24N3OS2+. The third-order valence-corrected chi connectivity index (χ3v) is 7.08. The van der Waals surface area contributed by atoms with Gasteiger partial charge in [0.25, 0.3) is 0 Å². The lowest BCUT2D eigenvalue weighted by molar-refractivity contribution is -0.945. The second-order valence-corrected chi connectivity index (χ2v) is 9.12. The van der Waals surface area contributed by atoms with Crippen molar-refractivity contribution in [2.24, 2.45) is 0 Å². The van der Waals surface area contributed by atoms with Gasteiger partial charge in [0, 0.05) is 27.9 Å². The smallest absolute Gasteiger partial charge is 0.231 e. The van der Waals surface area contributed by atoms with E-state index < -0.39 is 0 Å². The zero-order chi connectivity index (χ0) is 18.8. The van der Waals surface area contributed by atoms with Crippen LogP contribution in [-0.4, -0.2) is 17.4 Å². The van der Waals surface area contributed by atoms with Crippen molar-refractivity contribution in [2.45, 2.75) is 39.3 Å². The van der Waals surface area contributed by atoms with Gasteiger partial charge < -0.3 is 10.2 Å². The van der Waals surface area contributed by atoms with Crippen molar-refractivity contribution in [1.29, 1.82) is 0 Å². The summed E-state index contributed by atoms with van der Waals surface area (Å²) in [6, 6.07) is 10.6. The summed E-state index contributed by atoms with van der Waals surface area (Å²) in [6.07, 6.45) is 1.49. The molecule has 0 spiro atoms. The number of quaternary nitrogens is 1. The quantitative estimate of drug-likeness (QED) is 0.692. The molecule has 0 bridgehead atoms. The maximum absolute atomic E-state index is 12.3. The number of nitrogens with one attached hydrogen (secondary N) is 2. The van der Waals surface area contributed by atoms with Gasteiger partial charge in [0.2, 0.25) is 5.91 Å². The van der Waals surface area contributed by atoms with Crippen molar-refractivity contribution >= 4 is 34.3 Å². The van der Waals surface area contributed by atoms with Crippen LogP contribution < -0.4 is 10.2 Å². The maximum atomic E-state index is 12.3. The maximum Gasteiger partial charge on any atom is 0.231 e. The summed E-state index contributed by atoms with van der Waals surface area (Å²) in [5.41, 5.74) is 4.61. The highest BCUT2D eigenvalue weighted by Gasteiger charge is 2.28. The SMILES string of the molecule is Cc1ccc(NC(=O)Cc2nc(C[NH+]3CCc4sccc4[C@H]3C)cs2)cc1. The summed E-state index contributed by atoms with van der Waals surface area (Å²) < 4.78 is 0. The van der Waals surface area contributed by atoms with Crippen LogP contribution in [0.2, 0.25) is 0 Å². The minimum absolute atomic E-state index is 0.0126. The normalized spacial score (nSPS) is 18.9. The van der Waals surface area contributed by atoms with Crippen LogP contribution >= 0.6 is 22.7 Å². The summed E-state index contributed by atoms with van der Waals surface area (Å²) >= 11 is 3.46. The summed E-state index contributed by atoms with van der Waals surface area (Å²) in [6.45, 7) is 6.41. The van der Waals surface area contributed by atoms with E-state index in [2.05, 4.69) is 29.1 Å². The standard InChI is InChI=1S/C21H23N3OS2/c1-14-3-5-16(6-4-14)22-20(25)11-21-23-17(13-27-21)12-24-9-7-19-18(15(24)2)8-10-26-19/h3-6,8,10,13,15H,7,9,11-12H2,1-2H3,(H,22,25)/p+1/t15-/m1/s1. The van der Waals surface area contributed by atoms with Crippen LogP contribution in [0.1, 0.15) is 39.7 Å². The molecule has 0 aliphatic carbocycles. The minimum Gasteiger partial charge on any atom is -0.326 e. The fraction of sp³-hybridized carbons (Fsp3) is 0.333. The molecule has 0 radical (unpaired) electrons. The first-order valence-corrected chi connectivity index (χ1v) is 11.0. The summed E-state index contributed by atoms with van der Waals surface area (Å²) in [4.78, 5) is 20.1. The minimum atomic E-state index is -0.0126. The lowest BCUT2D eigenvalue weighted by Gasteiger charge is -2.29. The Morgan fingerprint density at radius 1 is 1.26 bits per heavy atom. The van der Waals surface area contributed by atoms with E-state index in [0.717, 1.165) is 35.9 Å². The Bertz CT molecular complexity index is 929. The molecule has 1 unspecified atom stereocenters. The van der Waals surface area contributed by atoms with Crippen molar-refractivity contribution in [1.82, 2.24) is 4.98 Å². The number of amides is 1. The molecule has 0 saturated heterocycles. The van der Waals surface area contributed by atoms with Gasteiger partial charge >= 0.3 is 0 Å². The number of nitrogens with zero attached hydrogens (tertiary/aromatic N) is 1. The number of carbonyl (C=O) groups excluding carboxylic acids is 1. The molecule has 140 valence electrons. The number of aryl methyl sites for hydroxylation is 1. The van der Waals surface area contributed by atoms with Crippen molar-refractivity contribution < 1.29 is 9.69 Å². The molecule has 4 rings (SSSR count). The van der Waals surface area contributed by atoms with Crippen LogP contribution in [0.3, 0.4) is 0 Å². The van der Waals surface area contributed by atoms with Crippen molar-refractivity contribution in [3.8, 4) is 0 Å². The van der Waals surface area contributed by atoms with Crippen LogP contribution in [0.25, 0.3) is 0 Å². The Morgan fingerprint density at radius 2 is 2.07 bits per heavy atom. The Kier molecular flexibility index (Phi) is 5.38. The lowest BCUT2D eigenvalue weighted by Crippen LogP contribution is -3.11. The third kappa shape index (κ3) is 4.29. The highest BCUT2D eigenvalue weighted by atomic mass is 32.1. The predicted molar refractivity (Wildman–Crippen MR) is 112 cm³/mol. The molecular weight excluding hydrogens is 374 g/mol. The molecule has 2 atom stereocenters. The largest absolute Gasteiger partial charge is 0.326 e. The number of thiophene rings is 1. The zero-order valence-electron chi connectivity index (χ0n) is 15.6. The van der Waals surface area contributed by atoms with E-state index in [1.165, 1.54) is 16.0 Å². The molecule has 1 aromatic carbocycles. The second kappa shape index (κ2) is 7.92. The third-order valence-electron chi connectivity index (χ3n) is 5.19. The Hall–Kier alpha value is -2.02. The highest BCUT2D eigenvalue weighted by molar-refractivity contribution is 7.10. The number of fused-ring (bicyclic) bond motifs is 1. The number of benzene rings is 1. The number of hydrogen-bond acceptors (Lipinski definition) is 4. The van der Waals surface area contributed by atoms with E-state index in [0.29, 0.717) is 12.5 Å². The van der Waals surface area contributed by atoms with Gasteiger partial charge in [-0.15, -0.1) is 22.7 Å². The average Bonchev–Trinajstić information content (AvgIpc) is 3.29. The molecule has 3 aromatic rings. The average molecular weight is 399 g/mol. The van der Waals surface area contributed by atoms with E-state index in [-0.39, 0.29) is 5.91 Å². The Labute approximate surface area is 167 Å². The molecule has 0 fully saturated rings. The first-order valence-electron chi connectivity index (χ1n) is 9.29. The lowest BCUT2D eigenvalue weighted by atomic mass is 10.0. The molecule has 1 amide bonds. The highest BCUT2D eigenvalue weighted by Crippen LogP contribution is 2.25. The van der Waals surface area contributed by atoms with Crippen LogP contribution in [0.5, 0.6) is 0 Å². The van der Waals surface area contributed by atoms with Gasteiger partial charge in [0.1, 0.15) is 23.3 Å². The Balaban J connectivity index is 1.35. The van der Waals surface area contributed by atoms with Crippen LogP contribution in [0, 0.1) is 6.92 Å². The van der Waals surface area contributed by atoms with Crippen molar-refractivity contribution in [3.63, 3.8) is 0 Å². The number of aromatic nitrogens is 1. The van der Waals surface area contributed by atoms with Gasteiger partial charge in [-0.25, -0.2) is 4.98 Å². The number of anilines is 1. The second-order valence-electron chi connectivity index (χ2n) is 7.18. The molecule has 4 nitrogen and oxygen atoms in total. The van der Waals surface area contributed by atoms with Gasteiger partial charge in [-0.1, -0.05) is 17.7 Å². The fourth-order valence-electron chi connectivity index (χ4n) is 3.61. The first-order chi connectivity index (χ1) is 13.1. The molecule has 0 saturated carbocycles. The summed E-state index contributed by atoms with van der Waals surface area (Å²) in [7, 11) is 0. The number of carbonyl (C=O) groups is 1. The number of rotatable bonds is 5. The molecule has 3 heterocycles. The van der Waals surface area contributed by atoms with Crippen LogP contribution in [0.15, 0.2) is 41.1 Å². The molecule has 27 heavy (non-hydrogen) atoms. The Morgan fingerprint density at radius 3 is 2.89 bits per heavy atom. The van der Waals surface area contributed by atoms with Crippen LogP contribution in [-0.2, 0) is 24.2 Å². The van der Waals surface area contributed by atoms with Gasteiger partial charge in [0.15, 0.2) is 0 Å². The molecule has 6 heteroatoms. The van der Waals surface area contributed by atoms with E-state index >= 15 is 0 Å². The molecule has 1 aliphatic heterocycles.